The Labute approximate surface area is 128 Å². The fourth-order valence-corrected chi connectivity index (χ4v) is 2.22. The third-order valence-corrected chi connectivity index (χ3v) is 3.51. The average Bonchev–Trinajstić information content (AvgIpc) is 2.38. The number of carbonyl (C=O) groups excluding carboxylic acids is 1. The van der Waals surface area contributed by atoms with Crippen LogP contribution in [0.2, 0.25) is 5.15 Å². The van der Waals surface area contributed by atoms with Gasteiger partial charge in [-0.15, -0.1) is 0 Å². The Hall–Kier alpha value is -1.66. The number of halogens is 3. The van der Waals surface area contributed by atoms with Gasteiger partial charge in [-0.2, -0.15) is 0 Å². The van der Waals surface area contributed by atoms with Crippen molar-refractivity contribution in [3.8, 4) is 0 Å². The Morgan fingerprint density at radius 3 is 2.85 bits per heavy atom. The molecule has 2 rings (SSSR count). The molecule has 0 spiro atoms. The van der Waals surface area contributed by atoms with E-state index in [4.69, 9.17) is 17.3 Å². The number of nitrogens with zero attached hydrogens (tertiary/aromatic N) is 1. The lowest BCUT2D eigenvalue weighted by Gasteiger charge is -2.09. The molecule has 1 aromatic carbocycles. The number of rotatable bonds is 2. The molecule has 3 N–H and O–H groups in total. The standard InChI is InChI=1S/C13H10BrClFN3O/c1-6-2-11(12(15)18-5-6)19-13(20)7-3-10(17)9(16)4-8(7)14/h2-5H,17H2,1H3,(H,19,20). The van der Waals surface area contributed by atoms with Gasteiger partial charge in [-0.1, -0.05) is 11.6 Å². The second-order valence-electron chi connectivity index (χ2n) is 4.16. The lowest BCUT2D eigenvalue weighted by atomic mass is 10.1. The number of nitrogens with two attached hydrogens (primary N) is 1. The molecule has 0 radical (unpaired) electrons. The number of aromatic nitrogens is 1. The van der Waals surface area contributed by atoms with Crippen LogP contribution >= 0.6 is 27.5 Å². The summed E-state index contributed by atoms with van der Waals surface area (Å²) >= 11 is 9.03. The third-order valence-electron chi connectivity index (χ3n) is 2.55. The molecule has 0 saturated carbocycles. The van der Waals surface area contributed by atoms with E-state index in [0.29, 0.717) is 10.2 Å². The van der Waals surface area contributed by atoms with Crippen molar-refractivity contribution in [2.24, 2.45) is 0 Å². The van der Waals surface area contributed by atoms with Gasteiger partial charge in [-0.3, -0.25) is 4.79 Å². The maximum atomic E-state index is 13.2. The normalized spacial score (nSPS) is 10.4. The Morgan fingerprint density at radius 2 is 2.15 bits per heavy atom. The van der Waals surface area contributed by atoms with Gasteiger partial charge in [0.1, 0.15) is 5.82 Å². The maximum Gasteiger partial charge on any atom is 0.256 e. The zero-order valence-electron chi connectivity index (χ0n) is 10.4. The van der Waals surface area contributed by atoms with Gasteiger partial charge in [-0.25, -0.2) is 9.37 Å². The number of hydrogen-bond acceptors (Lipinski definition) is 3. The SMILES string of the molecule is Cc1cnc(Cl)c(NC(=O)c2cc(N)c(F)cc2Br)c1. The molecule has 0 fully saturated rings. The largest absolute Gasteiger partial charge is 0.396 e. The van der Waals surface area contributed by atoms with E-state index < -0.39 is 11.7 Å². The molecule has 0 aliphatic heterocycles. The lowest BCUT2D eigenvalue weighted by molar-refractivity contribution is 0.102. The highest BCUT2D eigenvalue weighted by Crippen LogP contribution is 2.25. The van der Waals surface area contributed by atoms with Crippen molar-refractivity contribution in [2.45, 2.75) is 6.92 Å². The van der Waals surface area contributed by atoms with Crippen molar-refractivity contribution in [3.63, 3.8) is 0 Å². The van der Waals surface area contributed by atoms with Gasteiger partial charge in [-0.05, 0) is 46.6 Å². The molecule has 7 heteroatoms. The number of aryl methyl sites for hydroxylation is 1. The lowest BCUT2D eigenvalue weighted by Crippen LogP contribution is -2.14. The van der Waals surface area contributed by atoms with Crippen LogP contribution < -0.4 is 11.1 Å². The zero-order chi connectivity index (χ0) is 14.9. The first-order chi connectivity index (χ1) is 9.38. The summed E-state index contributed by atoms with van der Waals surface area (Å²) in [5, 5.41) is 2.79. The topological polar surface area (TPSA) is 68.0 Å². The molecule has 104 valence electrons. The monoisotopic (exact) mass is 357 g/mol. The van der Waals surface area contributed by atoms with Crippen molar-refractivity contribution in [1.82, 2.24) is 4.98 Å². The van der Waals surface area contributed by atoms with Gasteiger partial charge in [0.15, 0.2) is 5.15 Å². The predicted octanol–water partition coefficient (Wildman–Crippen LogP) is 3.78. The van der Waals surface area contributed by atoms with Gasteiger partial charge in [0.05, 0.1) is 16.9 Å². The summed E-state index contributed by atoms with van der Waals surface area (Å²) < 4.78 is 13.6. The quantitative estimate of drug-likeness (QED) is 0.634. The second-order valence-corrected chi connectivity index (χ2v) is 5.37. The molecule has 4 nitrogen and oxygen atoms in total. The summed E-state index contributed by atoms with van der Waals surface area (Å²) in [6.45, 7) is 1.82. The van der Waals surface area contributed by atoms with Crippen LogP contribution in [0.1, 0.15) is 15.9 Å². The maximum absolute atomic E-state index is 13.2. The van der Waals surface area contributed by atoms with Crippen LogP contribution in [0.3, 0.4) is 0 Å². The van der Waals surface area contributed by atoms with Crippen LogP contribution in [0.4, 0.5) is 15.8 Å². The number of nitrogen functional groups attached to an aromatic ring is 1. The molecule has 1 aromatic heterocycles. The highest BCUT2D eigenvalue weighted by Gasteiger charge is 2.15. The first-order valence-electron chi connectivity index (χ1n) is 5.56. The molecule has 0 bridgehead atoms. The first kappa shape index (κ1) is 14.7. The second kappa shape index (κ2) is 5.76. The molecular weight excluding hydrogens is 349 g/mol. The minimum atomic E-state index is -0.594. The van der Waals surface area contributed by atoms with Crippen LogP contribution in [-0.2, 0) is 0 Å². The van der Waals surface area contributed by atoms with Crippen LogP contribution in [0.15, 0.2) is 28.9 Å². The van der Waals surface area contributed by atoms with E-state index in [2.05, 4.69) is 26.2 Å². The van der Waals surface area contributed by atoms with Crippen molar-refractivity contribution in [3.05, 3.63) is 51.0 Å². The fourth-order valence-electron chi connectivity index (χ4n) is 1.57. The Kier molecular flexibility index (Phi) is 4.25. The molecule has 0 aliphatic carbocycles. The average molecular weight is 359 g/mol. The first-order valence-corrected chi connectivity index (χ1v) is 6.73. The number of pyridine rings is 1. The van der Waals surface area contributed by atoms with Crippen molar-refractivity contribution in [1.29, 1.82) is 0 Å². The van der Waals surface area contributed by atoms with Gasteiger partial charge >= 0.3 is 0 Å². The van der Waals surface area contributed by atoms with Gasteiger partial charge in [0.25, 0.3) is 5.91 Å². The minimum Gasteiger partial charge on any atom is -0.396 e. The van der Waals surface area contributed by atoms with E-state index in [1.54, 1.807) is 12.3 Å². The van der Waals surface area contributed by atoms with E-state index >= 15 is 0 Å². The highest BCUT2D eigenvalue weighted by atomic mass is 79.9. The molecule has 0 aliphatic rings. The van der Waals surface area contributed by atoms with Crippen molar-refractivity contribution >= 4 is 44.8 Å². The summed E-state index contributed by atoms with van der Waals surface area (Å²) in [5.74, 6) is -1.05. The molecule has 0 atom stereocenters. The summed E-state index contributed by atoms with van der Waals surface area (Å²) in [6.07, 6.45) is 1.59. The van der Waals surface area contributed by atoms with Gasteiger partial charge in [0.2, 0.25) is 0 Å². The predicted molar refractivity (Wildman–Crippen MR) is 80.4 cm³/mol. The summed E-state index contributed by atoms with van der Waals surface area (Å²) in [7, 11) is 0. The Balaban J connectivity index is 2.33. The minimum absolute atomic E-state index is 0.105. The van der Waals surface area contributed by atoms with E-state index in [1.165, 1.54) is 6.07 Å². The number of amides is 1. The summed E-state index contributed by atoms with van der Waals surface area (Å²) in [4.78, 5) is 16.1. The molecule has 1 amide bonds. The third kappa shape index (κ3) is 3.08. The van der Waals surface area contributed by atoms with Crippen LogP contribution in [0.5, 0.6) is 0 Å². The van der Waals surface area contributed by atoms with Crippen LogP contribution in [0.25, 0.3) is 0 Å². The van der Waals surface area contributed by atoms with E-state index in [0.717, 1.165) is 11.6 Å². The number of hydrogen-bond donors (Lipinski definition) is 2. The number of benzene rings is 1. The molecular formula is C13H10BrClFN3O. The summed E-state index contributed by atoms with van der Waals surface area (Å²) in [6, 6.07) is 4.08. The fraction of sp³-hybridized carbons (Fsp3) is 0.0769. The van der Waals surface area contributed by atoms with Crippen LogP contribution in [0, 0.1) is 12.7 Å². The molecule has 1 heterocycles. The number of carbonyl (C=O) groups is 1. The molecule has 0 saturated heterocycles. The van der Waals surface area contributed by atoms with Crippen molar-refractivity contribution < 1.29 is 9.18 Å². The van der Waals surface area contributed by atoms with E-state index in [9.17, 15) is 9.18 Å². The van der Waals surface area contributed by atoms with Crippen LogP contribution in [-0.4, -0.2) is 10.9 Å². The molecule has 0 unspecified atom stereocenters. The van der Waals surface area contributed by atoms with Gasteiger partial charge in [0, 0.05) is 10.7 Å². The molecule has 2 aromatic rings. The zero-order valence-corrected chi connectivity index (χ0v) is 12.7. The Morgan fingerprint density at radius 1 is 1.45 bits per heavy atom. The van der Waals surface area contributed by atoms with E-state index in [-0.39, 0.29) is 16.4 Å². The number of nitrogens with one attached hydrogen (secondary N) is 1. The Bertz CT molecular complexity index is 694. The summed E-state index contributed by atoms with van der Waals surface area (Å²) in [5.41, 5.74) is 6.80. The van der Waals surface area contributed by atoms with Crippen molar-refractivity contribution in [2.75, 3.05) is 11.1 Å². The number of anilines is 2. The molecule has 20 heavy (non-hydrogen) atoms. The van der Waals surface area contributed by atoms with E-state index in [1.807, 2.05) is 6.92 Å². The smallest absolute Gasteiger partial charge is 0.256 e. The highest BCUT2D eigenvalue weighted by molar-refractivity contribution is 9.10. The van der Waals surface area contributed by atoms with Gasteiger partial charge < -0.3 is 11.1 Å².